The summed E-state index contributed by atoms with van der Waals surface area (Å²) in [6.07, 6.45) is -4.53. The van der Waals surface area contributed by atoms with Gasteiger partial charge in [-0.2, -0.15) is 13.2 Å². The first-order valence-electron chi connectivity index (χ1n) is 12.3. The highest BCUT2D eigenvalue weighted by Crippen LogP contribution is 2.43. The van der Waals surface area contributed by atoms with Crippen LogP contribution in [0, 0.1) is 11.7 Å². The largest absolute Gasteiger partial charge is 0.485 e. The van der Waals surface area contributed by atoms with Crippen molar-refractivity contribution in [2.75, 3.05) is 22.7 Å². The highest BCUT2D eigenvalue weighted by Gasteiger charge is 2.51. The van der Waals surface area contributed by atoms with Gasteiger partial charge in [0.25, 0.3) is 10.0 Å². The Morgan fingerprint density at radius 1 is 1.18 bits per heavy atom. The number of alkyl halides is 3. The van der Waals surface area contributed by atoms with Crippen LogP contribution >= 0.6 is 11.9 Å². The van der Waals surface area contributed by atoms with E-state index in [4.69, 9.17) is 4.74 Å². The molecule has 1 heterocycles. The molecule has 2 aromatic rings. The van der Waals surface area contributed by atoms with Gasteiger partial charge in [0, 0.05) is 17.5 Å². The average molecular weight is 592 g/mol. The first-order chi connectivity index (χ1) is 18.2. The molecular weight excluding hydrogens is 562 g/mol. The molecular formula is C25H29F4N3O5S2. The van der Waals surface area contributed by atoms with E-state index in [-0.39, 0.29) is 28.6 Å². The number of hydrogen-bond acceptors (Lipinski definition) is 7. The predicted molar refractivity (Wildman–Crippen MR) is 140 cm³/mol. The van der Waals surface area contributed by atoms with Gasteiger partial charge in [-0.05, 0) is 68.7 Å². The quantitative estimate of drug-likeness (QED) is 0.285. The zero-order chi connectivity index (χ0) is 28.6. The summed E-state index contributed by atoms with van der Waals surface area (Å²) in [6, 6.07) is 8.39. The molecule has 0 spiro atoms. The van der Waals surface area contributed by atoms with E-state index in [2.05, 4.69) is 21.7 Å². The molecule has 0 saturated heterocycles. The number of benzene rings is 2. The molecule has 1 aliphatic heterocycles. The van der Waals surface area contributed by atoms with E-state index in [1.165, 1.54) is 18.2 Å². The van der Waals surface area contributed by atoms with Crippen LogP contribution in [0.2, 0.25) is 0 Å². The second kappa shape index (κ2) is 11.0. The number of nitrogens with one attached hydrogen (secondary N) is 2. The number of rotatable bonds is 9. The van der Waals surface area contributed by atoms with E-state index < -0.39 is 39.8 Å². The number of nitrogens with zero attached hydrogens (tertiary/aromatic N) is 1. The number of carbonyl (C=O) groups is 1. The maximum atomic E-state index is 13.6. The fourth-order valence-corrected chi connectivity index (χ4v) is 6.66. The number of hydrogen-bond donors (Lipinski definition) is 2. The molecule has 4 rings (SSSR count). The number of carbonyl (C=O) groups excluding carboxylic acids is 1. The van der Waals surface area contributed by atoms with Crippen LogP contribution in [0.3, 0.4) is 0 Å². The Bertz CT molecular complexity index is 1310. The van der Waals surface area contributed by atoms with Gasteiger partial charge in [-0.15, -0.1) is 0 Å². The molecule has 8 nitrogen and oxygen atoms in total. The Hall–Kier alpha value is -2.71. The van der Waals surface area contributed by atoms with Crippen LogP contribution in [-0.2, 0) is 14.8 Å². The molecule has 2 aromatic carbocycles. The summed E-state index contributed by atoms with van der Waals surface area (Å²) in [5, 5.41) is 2.71. The van der Waals surface area contributed by atoms with Crippen LogP contribution < -0.4 is 19.1 Å². The number of anilines is 2. The topological polar surface area (TPSA) is 97.0 Å². The molecule has 2 aliphatic rings. The minimum absolute atomic E-state index is 0.00824. The summed E-state index contributed by atoms with van der Waals surface area (Å²) in [5.74, 6) is 0.244. The Kier molecular flexibility index (Phi) is 8.29. The zero-order valence-electron chi connectivity index (χ0n) is 21.4. The molecule has 2 unspecified atom stereocenters. The summed E-state index contributed by atoms with van der Waals surface area (Å²) in [4.78, 5) is 12.0. The summed E-state index contributed by atoms with van der Waals surface area (Å²) in [5.41, 5.74) is -2.70. The molecule has 3 atom stereocenters. The number of sulfonamides is 1. The standard InChI is InChI=1S/C25H29F4N3O5S2/c1-4-15-11-22(15)38-30-13-18-14-32(39(34,35)19-8-5-16(26)6-9-19)20-12-17(7-10-21(20)36-18)31-23(33)37-24(2,3)25(27,28)29/h5-10,12,15,18,22,30H,4,11,13-14H2,1-3H3,(H,31,33)/t15?,18-,22?/m0/s1. The molecule has 0 bridgehead atoms. The minimum Gasteiger partial charge on any atom is -0.485 e. The molecule has 39 heavy (non-hydrogen) atoms. The van der Waals surface area contributed by atoms with Gasteiger partial charge in [-0.3, -0.25) is 14.3 Å². The van der Waals surface area contributed by atoms with E-state index in [9.17, 15) is 30.8 Å². The molecule has 0 radical (unpaired) electrons. The van der Waals surface area contributed by atoms with E-state index >= 15 is 0 Å². The first kappa shape index (κ1) is 29.3. The fraction of sp³-hybridized carbons (Fsp3) is 0.480. The van der Waals surface area contributed by atoms with Crippen molar-refractivity contribution in [3.63, 3.8) is 0 Å². The average Bonchev–Trinajstić information content (AvgIpc) is 3.61. The normalized spacial score (nSPS) is 21.1. The van der Waals surface area contributed by atoms with Gasteiger partial charge < -0.3 is 9.47 Å². The zero-order valence-corrected chi connectivity index (χ0v) is 23.1. The lowest BCUT2D eigenvalue weighted by atomic mass is 10.1. The van der Waals surface area contributed by atoms with Crippen molar-refractivity contribution in [3.8, 4) is 5.75 Å². The third kappa shape index (κ3) is 6.72. The van der Waals surface area contributed by atoms with Crippen molar-refractivity contribution < 1.29 is 40.2 Å². The molecule has 1 aliphatic carbocycles. The minimum atomic E-state index is -4.80. The van der Waals surface area contributed by atoms with Crippen LogP contribution in [0.5, 0.6) is 5.75 Å². The third-order valence-corrected chi connectivity index (χ3v) is 9.50. The molecule has 1 amide bonds. The summed E-state index contributed by atoms with van der Waals surface area (Å²) < 4.78 is 94.9. The van der Waals surface area contributed by atoms with Crippen molar-refractivity contribution in [2.24, 2.45) is 5.92 Å². The lowest BCUT2D eigenvalue weighted by Crippen LogP contribution is -2.47. The lowest BCUT2D eigenvalue weighted by Gasteiger charge is -2.36. The second-order valence-corrected chi connectivity index (χ2v) is 12.8. The molecule has 14 heteroatoms. The first-order valence-corrected chi connectivity index (χ1v) is 14.6. The second-order valence-electron chi connectivity index (χ2n) is 9.84. The third-order valence-electron chi connectivity index (χ3n) is 6.50. The van der Waals surface area contributed by atoms with Crippen molar-refractivity contribution in [1.82, 2.24) is 4.72 Å². The summed E-state index contributed by atoms with van der Waals surface area (Å²) >= 11 is 1.59. The molecule has 2 N–H and O–H groups in total. The fourth-order valence-electron chi connectivity index (χ4n) is 3.93. The van der Waals surface area contributed by atoms with Gasteiger partial charge >= 0.3 is 12.3 Å². The van der Waals surface area contributed by atoms with Gasteiger partial charge in [0.15, 0.2) is 0 Å². The Balaban J connectivity index is 1.57. The Labute approximate surface area is 228 Å². The van der Waals surface area contributed by atoms with Crippen molar-refractivity contribution in [2.45, 2.75) is 61.6 Å². The Morgan fingerprint density at radius 2 is 1.87 bits per heavy atom. The number of amides is 1. The lowest BCUT2D eigenvalue weighted by molar-refractivity contribution is -0.242. The maximum absolute atomic E-state index is 13.6. The van der Waals surface area contributed by atoms with Crippen LogP contribution in [0.4, 0.5) is 33.7 Å². The van der Waals surface area contributed by atoms with Crippen molar-refractivity contribution in [3.05, 3.63) is 48.3 Å². The van der Waals surface area contributed by atoms with Crippen LogP contribution in [0.25, 0.3) is 0 Å². The van der Waals surface area contributed by atoms with Gasteiger partial charge in [0.2, 0.25) is 5.60 Å². The highest BCUT2D eigenvalue weighted by molar-refractivity contribution is 7.98. The van der Waals surface area contributed by atoms with Gasteiger partial charge in [-0.25, -0.2) is 17.6 Å². The number of halogens is 4. The van der Waals surface area contributed by atoms with E-state index in [1.54, 1.807) is 11.9 Å². The van der Waals surface area contributed by atoms with Crippen LogP contribution in [-0.4, -0.2) is 50.7 Å². The SMILES string of the molecule is CCC1CC1SNC[C@H]1CN(S(=O)(=O)c2ccc(F)cc2)c2cc(NC(=O)OC(C)(C)C(F)(F)F)ccc2O1. The van der Waals surface area contributed by atoms with Gasteiger partial charge in [0.1, 0.15) is 17.7 Å². The van der Waals surface area contributed by atoms with Crippen molar-refractivity contribution in [1.29, 1.82) is 0 Å². The number of fused-ring (bicyclic) bond motifs is 1. The van der Waals surface area contributed by atoms with Crippen molar-refractivity contribution >= 4 is 39.4 Å². The number of ether oxygens (including phenoxy) is 2. The summed E-state index contributed by atoms with van der Waals surface area (Å²) in [7, 11) is -4.20. The van der Waals surface area contributed by atoms with Gasteiger partial charge in [0.05, 0.1) is 17.1 Å². The molecule has 214 valence electrons. The molecule has 0 aromatic heterocycles. The smallest absolute Gasteiger partial charge is 0.427 e. The molecule has 1 saturated carbocycles. The highest BCUT2D eigenvalue weighted by atomic mass is 32.2. The maximum Gasteiger partial charge on any atom is 0.427 e. The van der Waals surface area contributed by atoms with E-state index in [0.717, 1.165) is 41.4 Å². The van der Waals surface area contributed by atoms with E-state index in [0.29, 0.717) is 31.6 Å². The van der Waals surface area contributed by atoms with E-state index in [1.807, 2.05) is 0 Å². The summed E-state index contributed by atoms with van der Waals surface area (Å²) in [6.45, 7) is 3.79. The monoisotopic (exact) mass is 591 g/mol. The van der Waals surface area contributed by atoms with Gasteiger partial charge in [-0.1, -0.05) is 25.3 Å². The van der Waals surface area contributed by atoms with Crippen LogP contribution in [0.1, 0.15) is 33.6 Å². The predicted octanol–water partition coefficient (Wildman–Crippen LogP) is 5.71. The molecule has 1 fully saturated rings. The Morgan fingerprint density at radius 3 is 2.49 bits per heavy atom. The van der Waals surface area contributed by atoms with Crippen LogP contribution in [0.15, 0.2) is 47.4 Å².